The SMILES string of the molecule is COc1ccccc1OCC(=O)Nc1ccccc1Cc1nc(-c2ccco2)no1. The number of furan rings is 1. The first kappa shape index (κ1) is 19.3. The Morgan fingerprint density at radius 2 is 1.83 bits per heavy atom. The van der Waals surface area contributed by atoms with Crippen LogP contribution in [0.1, 0.15) is 11.5 Å². The molecule has 4 aromatic rings. The lowest BCUT2D eigenvalue weighted by molar-refractivity contribution is -0.118. The van der Waals surface area contributed by atoms with E-state index in [-0.39, 0.29) is 12.5 Å². The lowest BCUT2D eigenvalue weighted by atomic mass is 10.1. The van der Waals surface area contributed by atoms with E-state index in [4.69, 9.17) is 18.4 Å². The molecule has 2 aromatic heterocycles. The van der Waals surface area contributed by atoms with Crippen LogP contribution in [-0.4, -0.2) is 29.8 Å². The number of anilines is 1. The molecule has 0 fully saturated rings. The van der Waals surface area contributed by atoms with Crippen LogP contribution in [0.3, 0.4) is 0 Å². The van der Waals surface area contributed by atoms with Gasteiger partial charge in [0.05, 0.1) is 19.8 Å². The van der Waals surface area contributed by atoms with Crippen molar-refractivity contribution in [3.63, 3.8) is 0 Å². The molecule has 152 valence electrons. The van der Waals surface area contributed by atoms with Crippen molar-refractivity contribution in [3.05, 3.63) is 78.4 Å². The number of para-hydroxylation sites is 3. The molecule has 1 N–H and O–H groups in total. The molecule has 0 aliphatic rings. The summed E-state index contributed by atoms with van der Waals surface area (Å²) in [5.41, 5.74) is 1.47. The molecule has 1 amide bonds. The van der Waals surface area contributed by atoms with Gasteiger partial charge in [-0.2, -0.15) is 4.98 Å². The van der Waals surface area contributed by atoms with Crippen LogP contribution in [-0.2, 0) is 11.2 Å². The molecular formula is C22H19N3O5. The zero-order valence-corrected chi connectivity index (χ0v) is 16.2. The number of nitrogens with one attached hydrogen (secondary N) is 1. The van der Waals surface area contributed by atoms with Gasteiger partial charge in [-0.3, -0.25) is 4.79 Å². The number of ether oxygens (including phenoxy) is 2. The maximum Gasteiger partial charge on any atom is 0.262 e. The van der Waals surface area contributed by atoms with Gasteiger partial charge in [0, 0.05) is 5.69 Å². The van der Waals surface area contributed by atoms with Crippen LogP contribution in [0, 0.1) is 0 Å². The summed E-state index contributed by atoms with van der Waals surface area (Å²) in [5, 5.41) is 6.79. The van der Waals surface area contributed by atoms with Crippen LogP contribution in [0.4, 0.5) is 5.69 Å². The van der Waals surface area contributed by atoms with Gasteiger partial charge in [0.1, 0.15) is 0 Å². The van der Waals surface area contributed by atoms with Gasteiger partial charge >= 0.3 is 0 Å². The predicted molar refractivity (Wildman–Crippen MR) is 108 cm³/mol. The third-order valence-electron chi connectivity index (χ3n) is 4.27. The lowest BCUT2D eigenvalue weighted by Gasteiger charge is -2.12. The summed E-state index contributed by atoms with van der Waals surface area (Å²) >= 11 is 0. The number of hydrogen-bond acceptors (Lipinski definition) is 7. The summed E-state index contributed by atoms with van der Waals surface area (Å²) in [7, 11) is 1.55. The number of benzene rings is 2. The van der Waals surface area contributed by atoms with Crippen LogP contribution in [0.2, 0.25) is 0 Å². The normalized spacial score (nSPS) is 10.6. The van der Waals surface area contributed by atoms with Crippen LogP contribution < -0.4 is 14.8 Å². The van der Waals surface area contributed by atoms with Crippen molar-refractivity contribution in [3.8, 4) is 23.1 Å². The van der Waals surface area contributed by atoms with Gasteiger partial charge in [-0.1, -0.05) is 35.5 Å². The quantitative estimate of drug-likeness (QED) is 0.474. The Bertz CT molecular complexity index is 1120. The summed E-state index contributed by atoms with van der Waals surface area (Å²) in [4.78, 5) is 16.7. The van der Waals surface area contributed by atoms with E-state index in [1.165, 1.54) is 0 Å². The highest BCUT2D eigenvalue weighted by Crippen LogP contribution is 2.26. The molecule has 8 heteroatoms. The standard InChI is InChI=1S/C22H19N3O5/c1-27-17-9-4-5-10-18(17)29-14-20(26)23-16-8-3-2-7-15(16)13-21-24-22(25-30-21)19-11-6-12-28-19/h2-12H,13-14H2,1H3,(H,23,26). The van der Waals surface area contributed by atoms with Gasteiger partial charge in [-0.25, -0.2) is 0 Å². The van der Waals surface area contributed by atoms with Crippen molar-refractivity contribution in [2.75, 3.05) is 19.0 Å². The summed E-state index contributed by atoms with van der Waals surface area (Å²) in [6, 6.07) is 18.1. The highest BCUT2D eigenvalue weighted by Gasteiger charge is 2.14. The number of carbonyl (C=O) groups excluding carboxylic acids is 1. The van der Waals surface area contributed by atoms with Crippen LogP contribution >= 0.6 is 0 Å². The van der Waals surface area contributed by atoms with Gasteiger partial charge in [-0.05, 0) is 35.9 Å². The fourth-order valence-corrected chi connectivity index (χ4v) is 2.86. The first-order valence-electron chi connectivity index (χ1n) is 9.23. The average Bonchev–Trinajstić information content (AvgIpc) is 3.46. The van der Waals surface area contributed by atoms with Gasteiger partial charge in [0.2, 0.25) is 11.7 Å². The summed E-state index contributed by atoms with van der Waals surface area (Å²) in [6.07, 6.45) is 1.90. The van der Waals surface area contributed by atoms with Crippen molar-refractivity contribution < 1.29 is 23.2 Å². The Morgan fingerprint density at radius 1 is 1.03 bits per heavy atom. The van der Waals surface area contributed by atoms with E-state index in [9.17, 15) is 4.79 Å². The lowest BCUT2D eigenvalue weighted by Crippen LogP contribution is -2.21. The third-order valence-corrected chi connectivity index (χ3v) is 4.27. The van der Waals surface area contributed by atoms with Gasteiger partial charge in [0.25, 0.3) is 5.91 Å². The fourth-order valence-electron chi connectivity index (χ4n) is 2.86. The van der Waals surface area contributed by atoms with E-state index in [0.717, 1.165) is 5.56 Å². The van der Waals surface area contributed by atoms with E-state index >= 15 is 0 Å². The maximum atomic E-state index is 12.4. The minimum Gasteiger partial charge on any atom is -0.493 e. The maximum absolute atomic E-state index is 12.4. The predicted octanol–water partition coefficient (Wildman–Crippen LogP) is 3.95. The smallest absolute Gasteiger partial charge is 0.262 e. The summed E-state index contributed by atoms with van der Waals surface area (Å²) < 4.78 is 21.4. The molecule has 0 radical (unpaired) electrons. The molecule has 0 spiro atoms. The third kappa shape index (κ3) is 4.49. The van der Waals surface area contributed by atoms with E-state index in [2.05, 4.69) is 15.5 Å². The van der Waals surface area contributed by atoms with Crippen molar-refractivity contribution in [2.45, 2.75) is 6.42 Å². The zero-order valence-electron chi connectivity index (χ0n) is 16.2. The summed E-state index contributed by atoms with van der Waals surface area (Å²) in [5.74, 6) is 2.08. The van der Waals surface area contributed by atoms with Crippen molar-refractivity contribution in [1.29, 1.82) is 0 Å². The van der Waals surface area contributed by atoms with Crippen LogP contribution in [0.5, 0.6) is 11.5 Å². The fraction of sp³-hybridized carbons (Fsp3) is 0.136. The number of aromatic nitrogens is 2. The number of nitrogens with zero attached hydrogens (tertiary/aromatic N) is 2. The molecule has 0 atom stereocenters. The van der Waals surface area contributed by atoms with Gasteiger partial charge in [0.15, 0.2) is 23.9 Å². The molecule has 2 aromatic carbocycles. The van der Waals surface area contributed by atoms with Crippen molar-refractivity contribution in [2.24, 2.45) is 0 Å². The second-order valence-corrected chi connectivity index (χ2v) is 6.31. The van der Waals surface area contributed by atoms with Crippen molar-refractivity contribution in [1.82, 2.24) is 10.1 Å². The Kier molecular flexibility index (Phi) is 5.75. The van der Waals surface area contributed by atoms with E-state index < -0.39 is 0 Å². The molecule has 30 heavy (non-hydrogen) atoms. The van der Waals surface area contributed by atoms with Crippen molar-refractivity contribution >= 4 is 11.6 Å². The van der Waals surface area contributed by atoms with Crippen LogP contribution in [0.15, 0.2) is 75.9 Å². The molecular weight excluding hydrogens is 386 g/mol. The Balaban J connectivity index is 1.41. The molecule has 0 bridgehead atoms. The zero-order chi connectivity index (χ0) is 20.8. The molecule has 0 unspecified atom stereocenters. The number of hydrogen-bond donors (Lipinski definition) is 1. The Hall–Kier alpha value is -4.07. The Morgan fingerprint density at radius 3 is 2.63 bits per heavy atom. The number of methoxy groups -OCH3 is 1. The topological polar surface area (TPSA) is 99.6 Å². The van der Waals surface area contributed by atoms with E-state index in [1.54, 1.807) is 43.7 Å². The molecule has 0 saturated carbocycles. The summed E-state index contributed by atoms with van der Waals surface area (Å²) in [6.45, 7) is -0.155. The highest BCUT2D eigenvalue weighted by molar-refractivity contribution is 5.92. The monoisotopic (exact) mass is 405 g/mol. The molecule has 4 rings (SSSR count). The van der Waals surface area contributed by atoms with E-state index in [1.807, 2.05) is 30.3 Å². The van der Waals surface area contributed by atoms with Gasteiger partial charge < -0.3 is 23.7 Å². The molecule has 2 heterocycles. The minimum absolute atomic E-state index is 0.155. The number of rotatable bonds is 8. The minimum atomic E-state index is -0.296. The largest absolute Gasteiger partial charge is 0.493 e. The molecule has 0 aliphatic heterocycles. The van der Waals surface area contributed by atoms with E-state index in [0.29, 0.717) is 41.1 Å². The highest BCUT2D eigenvalue weighted by atomic mass is 16.5. The first-order chi connectivity index (χ1) is 14.7. The second-order valence-electron chi connectivity index (χ2n) is 6.31. The second kappa shape index (κ2) is 8.95. The van der Waals surface area contributed by atoms with Crippen LogP contribution in [0.25, 0.3) is 11.6 Å². The Labute approximate surface area is 172 Å². The van der Waals surface area contributed by atoms with Gasteiger partial charge in [-0.15, -0.1) is 0 Å². The molecule has 8 nitrogen and oxygen atoms in total. The number of amides is 1. The average molecular weight is 405 g/mol. The molecule has 0 saturated heterocycles. The molecule has 0 aliphatic carbocycles. The number of carbonyl (C=O) groups is 1. The first-order valence-corrected chi connectivity index (χ1v) is 9.23.